The summed E-state index contributed by atoms with van der Waals surface area (Å²) in [5.74, 6) is 2.85. The van der Waals surface area contributed by atoms with Crippen molar-refractivity contribution in [3.05, 3.63) is 35.6 Å². The molecule has 168 valence electrons. The highest BCUT2D eigenvalue weighted by atomic mass is 32.1. The van der Waals surface area contributed by atoms with Crippen LogP contribution in [0.1, 0.15) is 23.5 Å². The summed E-state index contributed by atoms with van der Waals surface area (Å²) >= 11 is 1.31. The van der Waals surface area contributed by atoms with Crippen LogP contribution in [0.25, 0.3) is 0 Å². The number of thiazole rings is 1. The minimum absolute atomic E-state index is 0.00318. The Morgan fingerprint density at radius 3 is 2.69 bits per heavy atom. The van der Waals surface area contributed by atoms with Gasteiger partial charge in [-0.15, -0.1) is 0 Å². The molecule has 32 heavy (non-hydrogen) atoms. The van der Waals surface area contributed by atoms with E-state index in [-0.39, 0.29) is 5.91 Å². The van der Waals surface area contributed by atoms with Crippen molar-refractivity contribution in [3.8, 4) is 6.07 Å². The summed E-state index contributed by atoms with van der Waals surface area (Å²) in [6, 6.07) is 4.08. The molecular formula is C22H28N8OS. The number of carbonyl (C=O) groups is 1. The zero-order valence-corrected chi connectivity index (χ0v) is 19.1. The van der Waals surface area contributed by atoms with E-state index in [1.165, 1.54) is 17.4 Å². The van der Waals surface area contributed by atoms with Gasteiger partial charge in [-0.25, -0.2) is 15.0 Å². The highest BCUT2D eigenvalue weighted by Crippen LogP contribution is 2.26. The summed E-state index contributed by atoms with van der Waals surface area (Å²) in [4.78, 5) is 32.8. The molecule has 1 amide bonds. The van der Waals surface area contributed by atoms with E-state index >= 15 is 0 Å². The average Bonchev–Trinajstić information content (AvgIpc) is 3.27. The largest absolute Gasteiger partial charge is 0.354 e. The van der Waals surface area contributed by atoms with E-state index in [2.05, 4.69) is 39.8 Å². The van der Waals surface area contributed by atoms with Gasteiger partial charge in [0.1, 0.15) is 28.4 Å². The number of piperazine rings is 1. The second kappa shape index (κ2) is 10.1. The number of nitrogens with zero attached hydrogens (tertiary/aromatic N) is 7. The van der Waals surface area contributed by atoms with E-state index in [9.17, 15) is 4.79 Å². The Kier molecular flexibility index (Phi) is 6.97. The average molecular weight is 453 g/mol. The van der Waals surface area contributed by atoms with Crippen molar-refractivity contribution in [1.82, 2.24) is 24.8 Å². The zero-order valence-electron chi connectivity index (χ0n) is 18.3. The highest BCUT2D eigenvalue weighted by molar-refractivity contribution is 7.16. The Bertz CT molecular complexity index is 1000. The summed E-state index contributed by atoms with van der Waals surface area (Å²) in [7, 11) is 2.13. The fourth-order valence-corrected chi connectivity index (χ4v) is 4.69. The highest BCUT2D eigenvalue weighted by Gasteiger charge is 2.24. The minimum Gasteiger partial charge on any atom is -0.354 e. The summed E-state index contributed by atoms with van der Waals surface area (Å²) in [5, 5.41) is 13.0. The number of piperidine rings is 1. The van der Waals surface area contributed by atoms with Crippen LogP contribution in [0.3, 0.4) is 0 Å². The number of likely N-dealkylation sites (N-methyl/N-ethyl adjacent to an activating group) is 1. The Hall–Kier alpha value is -3.03. The van der Waals surface area contributed by atoms with Crippen molar-refractivity contribution in [1.29, 1.82) is 5.26 Å². The van der Waals surface area contributed by atoms with Gasteiger partial charge in [-0.2, -0.15) is 5.26 Å². The lowest BCUT2D eigenvalue weighted by atomic mass is 9.93. The SMILES string of the molecule is C=CC(=O)N1CCC(Cc2nc(Nc3ncc(C#N)s3)cc(N3CCN(C)CC3)n2)CC1. The quantitative estimate of drug-likeness (QED) is 0.666. The predicted octanol–water partition coefficient (Wildman–Crippen LogP) is 2.27. The fraction of sp³-hybridized carbons (Fsp3) is 0.500. The maximum absolute atomic E-state index is 11.9. The molecule has 2 fully saturated rings. The van der Waals surface area contributed by atoms with Crippen LogP contribution in [0.15, 0.2) is 24.9 Å². The number of likely N-dealkylation sites (tertiary alicyclic amines) is 1. The lowest BCUT2D eigenvalue weighted by Gasteiger charge is -2.34. The van der Waals surface area contributed by atoms with E-state index in [1.807, 2.05) is 11.0 Å². The van der Waals surface area contributed by atoms with Crippen molar-refractivity contribution in [2.75, 3.05) is 56.5 Å². The Morgan fingerprint density at radius 1 is 1.28 bits per heavy atom. The second-order valence-electron chi connectivity index (χ2n) is 8.26. The van der Waals surface area contributed by atoms with Crippen LogP contribution in [0, 0.1) is 17.2 Å². The molecule has 0 saturated carbocycles. The van der Waals surface area contributed by atoms with Crippen molar-refractivity contribution >= 4 is 34.0 Å². The Balaban J connectivity index is 1.51. The van der Waals surface area contributed by atoms with Crippen molar-refractivity contribution in [3.63, 3.8) is 0 Å². The van der Waals surface area contributed by atoms with Gasteiger partial charge in [-0.05, 0) is 31.9 Å². The first-order chi connectivity index (χ1) is 15.5. The molecule has 10 heteroatoms. The fourth-order valence-electron chi connectivity index (χ4n) is 4.07. The van der Waals surface area contributed by atoms with E-state index in [4.69, 9.17) is 15.2 Å². The molecule has 4 rings (SSSR count). The third-order valence-corrected chi connectivity index (χ3v) is 6.83. The summed E-state index contributed by atoms with van der Waals surface area (Å²) in [6.45, 7) is 8.91. The molecule has 0 radical (unpaired) electrons. The molecule has 0 bridgehead atoms. The number of carbonyl (C=O) groups excluding carboxylic acids is 1. The van der Waals surface area contributed by atoms with E-state index in [0.29, 0.717) is 21.7 Å². The van der Waals surface area contributed by atoms with Crippen LogP contribution in [0.2, 0.25) is 0 Å². The van der Waals surface area contributed by atoms with Crippen molar-refractivity contribution in [2.24, 2.45) is 5.92 Å². The number of rotatable bonds is 6. The zero-order chi connectivity index (χ0) is 22.5. The van der Waals surface area contributed by atoms with E-state index in [1.54, 1.807) is 6.20 Å². The molecule has 0 aromatic carbocycles. The summed E-state index contributed by atoms with van der Waals surface area (Å²) < 4.78 is 0. The first-order valence-corrected chi connectivity index (χ1v) is 11.7. The lowest BCUT2D eigenvalue weighted by molar-refractivity contribution is -0.127. The van der Waals surface area contributed by atoms with Gasteiger partial charge in [0.25, 0.3) is 0 Å². The molecule has 2 aliphatic rings. The minimum atomic E-state index is 0.00318. The van der Waals surface area contributed by atoms with Crippen LogP contribution < -0.4 is 10.2 Å². The molecule has 0 spiro atoms. The van der Waals surface area contributed by atoms with Crippen molar-refractivity contribution in [2.45, 2.75) is 19.3 Å². The van der Waals surface area contributed by atoms with Gasteiger partial charge in [-0.1, -0.05) is 17.9 Å². The molecule has 0 unspecified atom stereocenters. The number of aromatic nitrogens is 3. The van der Waals surface area contributed by atoms with Crippen LogP contribution >= 0.6 is 11.3 Å². The topological polar surface area (TPSA) is 101 Å². The maximum atomic E-state index is 11.9. The monoisotopic (exact) mass is 452 g/mol. The molecule has 4 heterocycles. The van der Waals surface area contributed by atoms with Crippen LogP contribution in [0.4, 0.5) is 16.8 Å². The van der Waals surface area contributed by atoms with Gasteiger partial charge in [0.15, 0.2) is 5.13 Å². The first kappa shape index (κ1) is 22.2. The molecule has 2 aromatic rings. The van der Waals surface area contributed by atoms with Crippen molar-refractivity contribution < 1.29 is 4.79 Å². The third-order valence-electron chi connectivity index (χ3n) is 6.01. The number of nitrogens with one attached hydrogen (secondary N) is 1. The van der Waals surface area contributed by atoms with Gasteiger partial charge in [0.2, 0.25) is 5.91 Å². The van der Waals surface area contributed by atoms with Gasteiger partial charge < -0.3 is 20.0 Å². The van der Waals surface area contributed by atoms with E-state index in [0.717, 1.165) is 70.2 Å². The number of hydrogen-bond donors (Lipinski definition) is 1. The number of nitriles is 1. The van der Waals surface area contributed by atoms with Gasteiger partial charge in [0, 0.05) is 51.8 Å². The lowest BCUT2D eigenvalue weighted by Crippen LogP contribution is -2.45. The summed E-state index contributed by atoms with van der Waals surface area (Å²) in [5.41, 5.74) is 0. The maximum Gasteiger partial charge on any atom is 0.245 e. The number of anilines is 3. The standard InChI is InChI=1S/C22H28N8OS/c1-3-21(31)30-6-4-16(5-7-30)12-18-25-19(27-22-24-15-17(14-23)32-22)13-20(26-18)29-10-8-28(2)9-11-29/h3,13,15-16H,1,4-12H2,2H3,(H,24,25,26,27). The van der Waals surface area contributed by atoms with Crippen LogP contribution in [0.5, 0.6) is 0 Å². The van der Waals surface area contributed by atoms with Crippen LogP contribution in [-0.2, 0) is 11.2 Å². The first-order valence-electron chi connectivity index (χ1n) is 10.9. The molecule has 0 atom stereocenters. The van der Waals surface area contributed by atoms with Gasteiger partial charge >= 0.3 is 0 Å². The van der Waals surface area contributed by atoms with Gasteiger partial charge in [-0.3, -0.25) is 4.79 Å². The van der Waals surface area contributed by atoms with Crippen LogP contribution in [-0.4, -0.2) is 77.0 Å². The third kappa shape index (κ3) is 5.41. The summed E-state index contributed by atoms with van der Waals surface area (Å²) in [6.07, 6.45) is 5.59. The predicted molar refractivity (Wildman–Crippen MR) is 125 cm³/mol. The Morgan fingerprint density at radius 2 is 2.03 bits per heavy atom. The van der Waals surface area contributed by atoms with Gasteiger partial charge in [0.05, 0.1) is 6.20 Å². The smallest absolute Gasteiger partial charge is 0.245 e. The molecule has 2 saturated heterocycles. The normalized spacial score (nSPS) is 17.8. The molecular weight excluding hydrogens is 424 g/mol. The molecule has 0 aliphatic carbocycles. The number of hydrogen-bond acceptors (Lipinski definition) is 9. The Labute approximate surface area is 192 Å². The van der Waals surface area contributed by atoms with E-state index < -0.39 is 0 Å². The molecule has 1 N–H and O–H groups in total. The number of amides is 1. The second-order valence-corrected chi connectivity index (χ2v) is 9.29. The molecule has 9 nitrogen and oxygen atoms in total. The molecule has 2 aliphatic heterocycles. The molecule has 2 aromatic heterocycles.